The first-order valence-corrected chi connectivity index (χ1v) is 9.18. The van der Waals surface area contributed by atoms with Gasteiger partial charge in [-0.2, -0.15) is 4.98 Å². The number of halogens is 1. The highest BCUT2D eigenvalue weighted by Gasteiger charge is 2.40. The summed E-state index contributed by atoms with van der Waals surface area (Å²) in [6.45, 7) is 0. The van der Waals surface area contributed by atoms with E-state index in [1.165, 1.54) is 6.42 Å². The third-order valence-corrected chi connectivity index (χ3v) is 5.62. The number of ether oxygens (including phenoxy) is 1. The van der Waals surface area contributed by atoms with Crippen molar-refractivity contribution >= 4 is 18.3 Å². The topological polar surface area (TPSA) is 103 Å². The van der Waals surface area contributed by atoms with Crippen LogP contribution in [0, 0.1) is 11.8 Å². The molecule has 0 aliphatic heterocycles. The number of hydrogen-bond donors (Lipinski definition) is 2. The zero-order valence-electron chi connectivity index (χ0n) is 15.3. The maximum Gasteiger partial charge on any atom is 0.292 e. The van der Waals surface area contributed by atoms with Crippen LogP contribution in [0.15, 0.2) is 28.8 Å². The summed E-state index contributed by atoms with van der Waals surface area (Å²) in [7, 11) is 1.60. The summed E-state index contributed by atoms with van der Waals surface area (Å²) in [5, 5.41) is 7.00. The van der Waals surface area contributed by atoms with Gasteiger partial charge in [-0.05, 0) is 55.7 Å². The highest BCUT2D eigenvalue weighted by atomic mass is 35.5. The van der Waals surface area contributed by atoms with Gasteiger partial charge in [0.25, 0.3) is 17.6 Å². The average Bonchev–Trinajstić information content (AvgIpc) is 3.13. The number of nitrogens with one attached hydrogen (secondary N) is 1. The molecule has 0 saturated heterocycles. The Labute approximate surface area is 164 Å². The number of fused-ring (bicyclic) bond motifs is 2. The van der Waals surface area contributed by atoms with Crippen LogP contribution in [0.2, 0.25) is 0 Å². The molecule has 146 valence electrons. The molecule has 2 atom stereocenters. The summed E-state index contributed by atoms with van der Waals surface area (Å²) in [6, 6.07) is 7.72. The van der Waals surface area contributed by atoms with Crippen molar-refractivity contribution in [2.75, 3.05) is 7.11 Å². The third-order valence-electron chi connectivity index (χ3n) is 5.62. The van der Waals surface area contributed by atoms with Gasteiger partial charge in [0.05, 0.1) is 7.11 Å². The van der Waals surface area contributed by atoms with Crippen molar-refractivity contribution in [3.05, 3.63) is 30.1 Å². The SMILES string of the molecule is COc1cccc(-c2nc(C(=O)NC3C4CCCC3CC(N)C4)no2)c1.Cl. The lowest BCUT2D eigenvalue weighted by molar-refractivity contribution is 0.0744. The lowest BCUT2D eigenvalue weighted by atomic mass is 9.67. The number of aromatic nitrogens is 2. The van der Waals surface area contributed by atoms with Gasteiger partial charge in [0.1, 0.15) is 5.75 Å². The molecule has 2 aromatic rings. The van der Waals surface area contributed by atoms with Gasteiger partial charge in [0.2, 0.25) is 0 Å². The van der Waals surface area contributed by atoms with Crippen LogP contribution >= 0.6 is 12.4 Å². The quantitative estimate of drug-likeness (QED) is 0.829. The summed E-state index contributed by atoms with van der Waals surface area (Å²) < 4.78 is 10.5. The molecule has 2 aliphatic rings. The van der Waals surface area contributed by atoms with Gasteiger partial charge in [-0.3, -0.25) is 4.79 Å². The molecule has 0 radical (unpaired) electrons. The van der Waals surface area contributed by atoms with Gasteiger partial charge in [-0.1, -0.05) is 17.6 Å². The van der Waals surface area contributed by atoms with Crippen LogP contribution in [0.4, 0.5) is 0 Å². The van der Waals surface area contributed by atoms with E-state index in [4.69, 9.17) is 15.0 Å². The largest absolute Gasteiger partial charge is 0.497 e. The van der Waals surface area contributed by atoms with Crippen LogP contribution in [0.25, 0.3) is 11.5 Å². The fraction of sp³-hybridized carbons (Fsp3) is 0.526. The van der Waals surface area contributed by atoms with Crippen LogP contribution in [0.1, 0.15) is 42.7 Å². The molecule has 3 N–H and O–H groups in total. The van der Waals surface area contributed by atoms with Gasteiger partial charge in [-0.15, -0.1) is 12.4 Å². The number of rotatable bonds is 4. The second kappa shape index (κ2) is 8.27. The molecule has 2 fully saturated rings. The fourth-order valence-electron chi connectivity index (χ4n) is 4.43. The van der Waals surface area contributed by atoms with Crippen LogP contribution in [-0.2, 0) is 0 Å². The Kier molecular flexibility index (Phi) is 6.01. The van der Waals surface area contributed by atoms with Crippen LogP contribution in [0.5, 0.6) is 5.75 Å². The third kappa shape index (κ3) is 4.09. The number of methoxy groups -OCH3 is 1. The smallest absolute Gasteiger partial charge is 0.292 e. The van der Waals surface area contributed by atoms with E-state index in [-0.39, 0.29) is 36.2 Å². The van der Waals surface area contributed by atoms with Gasteiger partial charge >= 0.3 is 0 Å². The molecule has 7 nitrogen and oxygen atoms in total. The Hall–Kier alpha value is -2.12. The standard InChI is InChI=1S/C19H24N4O3.ClH/c1-25-15-7-3-6-13(10-15)19-22-17(23-26-19)18(24)21-16-11-4-2-5-12(16)9-14(20)8-11;/h3,6-7,10-12,14,16H,2,4-5,8-9,20H2,1H3,(H,21,24);1H. The summed E-state index contributed by atoms with van der Waals surface area (Å²) in [5.74, 6) is 1.69. The van der Waals surface area contributed by atoms with Crippen LogP contribution < -0.4 is 15.8 Å². The monoisotopic (exact) mass is 392 g/mol. The molecule has 1 aromatic carbocycles. The zero-order valence-corrected chi connectivity index (χ0v) is 16.1. The van der Waals surface area contributed by atoms with E-state index < -0.39 is 0 Å². The summed E-state index contributed by atoms with van der Waals surface area (Å²) in [6.07, 6.45) is 5.41. The Bertz CT molecular complexity index is 783. The fourth-order valence-corrected chi connectivity index (χ4v) is 4.43. The van der Waals surface area contributed by atoms with E-state index in [0.717, 1.165) is 31.2 Å². The van der Waals surface area contributed by atoms with Crippen LogP contribution in [-0.4, -0.2) is 35.2 Å². The number of amides is 1. The summed E-state index contributed by atoms with van der Waals surface area (Å²) in [4.78, 5) is 16.9. The molecule has 4 rings (SSSR count). The summed E-state index contributed by atoms with van der Waals surface area (Å²) in [5.41, 5.74) is 6.88. The number of hydrogen-bond acceptors (Lipinski definition) is 6. The van der Waals surface area contributed by atoms with Crippen molar-refractivity contribution in [3.8, 4) is 17.2 Å². The minimum absolute atomic E-state index is 0. The number of carbonyl (C=O) groups is 1. The first-order valence-electron chi connectivity index (χ1n) is 9.18. The van der Waals surface area contributed by atoms with E-state index in [0.29, 0.717) is 23.5 Å². The van der Waals surface area contributed by atoms with E-state index in [2.05, 4.69) is 15.5 Å². The molecule has 2 saturated carbocycles. The average molecular weight is 393 g/mol. The minimum atomic E-state index is -0.278. The normalized spacial score (nSPS) is 26.7. The Balaban J connectivity index is 0.00000210. The van der Waals surface area contributed by atoms with E-state index in [9.17, 15) is 4.79 Å². The first kappa shape index (κ1) is 19.6. The van der Waals surface area contributed by atoms with E-state index in [1.807, 2.05) is 18.2 Å². The number of carbonyl (C=O) groups excluding carboxylic acids is 1. The molecule has 2 bridgehead atoms. The molecular weight excluding hydrogens is 368 g/mol. The van der Waals surface area contributed by atoms with Crippen molar-refractivity contribution in [2.45, 2.75) is 44.2 Å². The predicted octanol–water partition coefficient (Wildman–Crippen LogP) is 2.80. The predicted molar refractivity (Wildman–Crippen MR) is 103 cm³/mol. The first-order chi connectivity index (χ1) is 12.6. The lowest BCUT2D eigenvalue weighted by Crippen LogP contribution is -2.53. The van der Waals surface area contributed by atoms with Crippen molar-refractivity contribution in [1.82, 2.24) is 15.5 Å². The maximum atomic E-state index is 12.6. The van der Waals surface area contributed by atoms with E-state index >= 15 is 0 Å². The van der Waals surface area contributed by atoms with Gasteiger partial charge < -0.3 is 20.3 Å². The molecule has 2 unspecified atom stereocenters. The zero-order chi connectivity index (χ0) is 18.1. The van der Waals surface area contributed by atoms with Crippen molar-refractivity contribution in [1.29, 1.82) is 0 Å². The van der Waals surface area contributed by atoms with E-state index in [1.54, 1.807) is 13.2 Å². The van der Waals surface area contributed by atoms with Crippen molar-refractivity contribution in [2.24, 2.45) is 17.6 Å². The van der Waals surface area contributed by atoms with Gasteiger partial charge in [0, 0.05) is 17.6 Å². The molecule has 1 amide bonds. The van der Waals surface area contributed by atoms with Crippen molar-refractivity contribution in [3.63, 3.8) is 0 Å². The minimum Gasteiger partial charge on any atom is -0.497 e. The van der Waals surface area contributed by atoms with Crippen molar-refractivity contribution < 1.29 is 14.1 Å². The molecule has 1 heterocycles. The number of benzene rings is 1. The highest BCUT2D eigenvalue weighted by molar-refractivity contribution is 5.91. The molecule has 0 spiro atoms. The molecule has 27 heavy (non-hydrogen) atoms. The number of nitrogens with zero attached hydrogens (tertiary/aromatic N) is 2. The molecule has 1 aromatic heterocycles. The Morgan fingerprint density at radius 1 is 1.30 bits per heavy atom. The second-order valence-electron chi connectivity index (χ2n) is 7.34. The molecule has 8 heteroatoms. The summed E-state index contributed by atoms with van der Waals surface area (Å²) >= 11 is 0. The Morgan fingerprint density at radius 3 is 2.74 bits per heavy atom. The van der Waals surface area contributed by atoms with Crippen LogP contribution in [0.3, 0.4) is 0 Å². The maximum absolute atomic E-state index is 12.6. The second-order valence-corrected chi connectivity index (χ2v) is 7.34. The Morgan fingerprint density at radius 2 is 2.04 bits per heavy atom. The molecular formula is C19H25ClN4O3. The number of nitrogens with two attached hydrogens (primary N) is 1. The van der Waals surface area contributed by atoms with Gasteiger partial charge in [0.15, 0.2) is 0 Å². The highest BCUT2D eigenvalue weighted by Crippen LogP contribution is 2.39. The van der Waals surface area contributed by atoms with Gasteiger partial charge in [-0.25, -0.2) is 0 Å². The molecule has 2 aliphatic carbocycles. The lowest BCUT2D eigenvalue weighted by Gasteiger charge is -2.45.